The summed E-state index contributed by atoms with van der Waals surface area (Å²) in [5.41, 5.74) is 1.00. The fraction of sp³-hybridized carbons (Fsp3) is 0.100. The van der Waals surface area contributed by atoms with Gasteiger partial charge in [0.05, 0.1) is 25.2 Å². The van der Waals surface area contributed by atoms with E-state index in [9.17, 15) is 0 Å². The van der Waals surface area contributed by atoms with E-state index in [4.69, 9.17) is 4.74 Å². The largest absolute Gasteiger partial charge is 0.495 e. The predicted octanol–water partition coefficient (Wildman–Crippen LogP) is 1.88. The molecule has 66 valence electrons. The van der Waals surface area contributed by atoms with E-state index in [-0.39, 0.29) is 0 Å². The second kappa shape index (κ2) is 3.31. The number of aromatic nitrogens is 2. The van der Waals surface area contributed by atoms with Crippen LogP contribution in [0.15, 0.2) is 43.0 Å². The molecule has 3 heteroatoms. The smallest absolute Gasteiger partial charge is 0.139 e. The van der Waals surface area contributed by atoms with Gasteiger partial charge in [0.25, 0.3) is 0 Å². The Balaban J connectivity index is 2.41. The average Bonchev–Trinajstić information content (AvgIpc) is 2.71. The van der Waals surface area contributed by atoms with E-state index in [0.29, 0.717) is 0 Å². The minimum atomic E-state index is 0.770. The lowest BCUT2D eigenvalue weighted by molar-refractivity contribution is 0.412. The monoisotopic (exact) mass is 174 g/mol. The normalized spacial score (nSPS) is 9.92. The Bertz CT molecular complexity index is 382. The van der Waals surface area contributed by atoms with Gasteiger partial charge in [-0.1, -0.05) is 0 Å². The summed E-state index contributed by atoms with van der Waals surface area (Å²) in [5.74, 6) is 0.770. The van der Waals surface area contributed by atoms with Crippen LogP contribution in [-0.4, -0.2) is 16.7 Å². The molecule has 2 aromatic rings. The van der Waals surface area contributed by atoms with Gasteiger partial charge in [-0.2, -0.15) is 0 Å². The van der Waals surface area contributed by atoms with Crippen LogP contribution in [0.1, 0.15) is 0 Å². The highest BCUT2D eigenvalue weighted by Crippen LogP contribution is 2.13. The topological polar surface area (TPSA) is 27.1 Å². The lowest BCUT2D eigenvalue weighted by Gasteiger charge is -2.03. The summed E-state index contributed by atoms with van der Waals surface area (Å²) in [5, 5.41) is 0. The van der Waals surface area contributed by atoms with E-state index in [0.717, 1.165) is 11.4 Å². The summed E-state index contributed by atoms with van der Waals surface area (Å²) >= 11 is 0. The summed E-state index contributed by atoms with van der Waals surface area (Å²) in [6.45, 7) is 0. The fourth-order valence-corrected chi connectivity index (χ4v) is 1.17. The van der Waals surface area contributed by atoms with Crippen LogP contribution in [0.5, 0.6) is 5.75 Å². The van der Waals surface area contributed by atoms with Gasteiger partial charge in [0.1, 0.15) is 5.75 Å². The van der Waals surface area contributed by atoms with Crippen molar-refractivity contribution in [3.63, 3.8) is 0 Å². The number of rotatable bonds is 2. The van der Waals surface area contributed by atoms with E-state index in [2.05, 4.69) is 4.98 Å². The van der Waals surface area contributed by atoms with E-state index < -0.39 is 0 Å². The molecule has 0 bridgehead atoms. The first-order chi connectivity index (χ1) is 6.40. The van der Waals surface area contributed by atoms with Crippen LogP contribution in [0.4, 0.5) is 0 Å². The Hall–Kier alpha value is -1.77. The maximum absolute atomic E-state index is 5.08. The first kappa shape index (κ1) is 7.86. The Labute approximate surface area is 76.6 Å². The fourth-order valence-electron chi connectivity index (χ4n) is 1.17. The van der Waals surface area contributed by atoms with Crippen molar-refractivity contribution in [2.75, 3.05) is 7.11 Å². The average molecular weight is 174 g/mol. The Morgan fingerprint density at radius 2 is 2.00 bits per heavy atom. The molecule has 13 heavy (non-hydrogen) atoms. The molecule has 0 saturated heterocycles. The zero-order chi connectivity index (χ0) is 9.10. The number of hydrogen-bond acceptors (Lipinski definition) is 2. The molecule has 0 amide bonds. The predicted molar refractivity (Wildman–Crippen MR) is 50.1 cm³/mol. The maximum atomic E-state index is 5.08. The van der Waals surface area contributed by atoms with Gasteiger partial charge in [-0.15, -0.1) is 0 Å². The van der Waals surface area contributed by atoms with Gasteiger partial charge in [0.2, 0.25) is 0 Å². The molecule has 0 aliphatic heterocycles. The first-order valence-electron chi connectivity index (χ1n) is 4.02. The molecule has 3 nitrogen and oxygen atoms in total. The molecule has 0 aromatic carbocycles. The minimum Gasteiger partial charge on any atom is -0.495 e. The quantitative estimate of drug-likeness (QED) is 0.695. The molecule has 0 fully saturated rings. The Kier molecular flexibility index (Phi) is 2.00. The highest BCUT2D eigenvalue weighted by Gasteiger charge is 1.96. The highest BCUT2D eigenvalue weighted by molar-refractivity contribution is 5.35. The van der Waals surface area contributed by atoms with Crippen molar-refractivity contribution in [3.8, 4) is 11.4 Å². The molecule has 0 unspecified atom stereocenters. The molecule has 0 N–H and O–H groups in total. The molecule has 0 aliphatic rings. The molecule has 0 atom stereocenters. The van der Waals surface area contributed by atoms with Crippen LogP contribution in [0.25, 0.3) is 5.69 Å². The second-order valence-corrected chi connectivity index (χ2v) is 2.67. The second-order valence-electron chi connectivity index (χ2n) is 2.67. The highest BCUT2D eigenvalue weighted by atomic mass is 16.5. The number of nitrogens with zero attached hydrogens (tertiary/aromatic N) is 2. The Morgan fingerprint density at radius 1 is 1.23 bits per heavy atom. The molecule has 2 aromatic heterocycles. The molecule has 2 heterocycles. The third kappa shape index (κ3) is 1.54. The molecule has 2 rings (SSSR count). The third-order valence-corrected chi connectivity index (χ3v) is 1.84. The lowest BCUT2D eigenvalue weighted by atomic mass is 10.4. The molecule has 0 spiro atoms. The van der Waals surface area contributed by atoms with Crippen molar-refractivity contribution in [1.82, 2.24) is 9.55 Å². The van der Waals surface area contributed by atoms with Crippen molar-refractivity contribution in [3.05, 3.63) is 43.0 Å². The van der Waals surface area contributed by atoms with Crippen LogP contribution in [0.2, 0.25) is 0 Å². The first-order valence-corrected chi connectivity index (χ1v) is 4.02. The number of hydrogen-bond donors (Lipinski definition) is 0. The maximum Gasteiger partial charge on any atom is 0.139 e. The third-order valence-electron chi connectivity index (χ3n) is 1.84. The van der Waals surface area contributed by atoms with Crippen molar-refractivity contribution in [1.29, 1.82) is 0 Å². The van der Waals surface area contributed by atoms with Crippen molar-refractivity contribution in [2.24, 2.45) is 0 Å². The zero-order valence-electron chi connectivity index (χ0n) is 7.34. The van der Waals surface area contributed by atoms with E-state index in [1.165, 1.54) is 0 Å². The number of ether oxygens (including phenoxy) is 1. The van der Waals surface area contributed by atoms with Crippen LogP contribution in [-0.2, 0) is 0 Å². The lowest BCUT2D eigenvalue weighted by Crippen LogP contribution is -1.92. The van der Waals surface area contributed by atoms with Gasteiger partial charge >= 0.3 is 0 Å². The Morgan fingerprint density at radius 3 is 2.69 bits per heavy atom. The van der Waals surface area contributed by atoms with E-state index in [1.54, 1.807) is 19.5 Å². The zero-order valence-corrected chi connectivity index (χ0v) is 7.34. The van der Waals surface area contributed by atoms with E-state index in [1.807, 2.05) is 35.2 Å². The van der Waals surface area contributed by atoms with Gasteiger partial charge in [0, 0.05) is 18.5 Å². The minimum absolute atomic E-state index is 0.770. The van der Waals surface area contributed by atoms with Crippen molar-refractivity contribution < 1.29 is 4.74 Å². The molecule has 0 radical (unpaired) electrons. The summed E-state index contributed by atoms with van der Waals surface area (Å²) < 4.78 is 7.06. The van der Waals surface area contributed by atoms with Crippen LogP contribution in [0.3, 0.4) is 0 Å². The van der Waals surface area contributed by atoms with Crippen LogP contribution >= 0.6 is 0 Å². The molecule has 0 aliphatic carbocycles. The summed E-state index contributed by atoms with van der Waals surface area (Å²) in [7, 11) is 1.64. The molecular formula is C10H10N2O. The standard InChI is InChI=1S/C10H10N2O/c1-13-10-6-9(7-11-8-10)12-4-2-3-5-12/h2-8H,1H3. The van der Waals surface area contributed by atoms with Gasteiger partial charge in [0.15, 0.2) is 0 Å². The SMILES string of the molecule is COc1cncc(-n2cccc2)c1. The van der Waals surface area contributed by atoms with Crippen LogP contribution < -0.4 is 4.74 Å². The van der Waals surface area contributed by atoms with Gasteiger partial charge in [-0.3, -0.25) is 4.98 Å². The number of methoxy groups -OCH3 is 1. The number of pyridine rings is 1. The molecular weight excluding hydrogens is 164 g/mol. The molecule has 0 saturated carbocycles. The van der Waals surface area contributed by atoms with Gasteiger partial charge in [-0.25, -0.2) is 0 Å². The van der Waals surface area contributed by atoms with Crippen LogP contribution in [0, 0.1) is 0 Å². The summed E-state index contributed by atoms with van der Waals surface area (Å²) in [6.07, 6.45) is 7.42. The van der Waals surface area contributed by atoms with Crippen molar-refractivity contribution >= 4 is 0 Å². The summed E-state index contributed by atoms with van der Waals surface area (Å²) in [4.78, 5) is 4.07. The van der Waals surface area contributed by atoms with Gasteiger partial charge in [-0.05, 0) is 12.1 Å². The van der Waals surface area contributed by atoms with Crippen molar-refractivity contribution in [2.45, 2.75) is 0 Å². The van der Waals surface area contributed by atoms with E-state index >= 15 is 0 Å². The van der Waals surface area contributed by atoms with Gasteiger partial charge < -0.3 is 9.30 Å². The summed E-state index contributed by atoms with van der Waals surface area (Å²) in [6, 6.07) is 5.88.